The predicted octanol–water partition coefficient (Wildman–Crippen LogP) is 0.552. The maximum Gasteiger partial charge on any atom is 0.230 e. The fourth-order valence-electron chi connectivity index (χ4n) is 2.93. The Hall–Kier alpha value is -0.650. The molecule has 1 heterocycles. The number of rotatable bonds is 3. The van der Waals surface area contributed by atoms with Gasteiger partial charge in [-0.15, -0.1) is 0 Å². The van der Waals surface area contributed by atoms with Gasteiger partial charge in [-0.3, -0.25) is 4.79 Å². The van der Waals surface area contributed by atoms with Crippen molar-refractivity contribution in [3.63, 3.8) is 0 Å². The number of carbonyl (C=O) groups is 1. The van der Waals surface area contributed by atoms with Gasteiger partial charge in [-0.2, -0.15) is 0 Å². The van der Waals surface area contributed by atoms with Gasteiger partial charge in [0.25, 0.3) is 0 Å². The zero-order valence-corrected chi connectivity index (χ0v) is 11.8. The summed E-state index contributed by atoms with van der Waals surface area (Å²) in [6, 6.07) is -0.267. The molecule has 4 N–H and O–H groups in total. The van der Waals surface area contributed by atoms with Crippen LogP contribution in [0.4, 0.5) is 0 Å². The fourth-order valence-corrected chi connectivity index (χ4v) is 2.93. The number of nitrogens with two attached hydrogens (primary N) is 1. The second kappa shape index (κ2) is 5.77. The van der Waals surface area contributed by atoms with Crippen LogP contribution < -0.4 is 11.1 Å². The van der Waals surface area contributed by atoms with E-state index in [9.17, 15) is 9.90 Å². The molecule has 0 bridgehead atoms. The van der Waals surface area contributed by atoms with Crippen molar-refractivity contribution in [2.75, 3.05) is 19.8 Å². The zero-order chi connectivity index (χ0) is 13.9. The minimum atomic E-state index is -0.744. The lowest BCUT2D eigenvalue weighted by Gasteiger charge is -2.30. The monoisotopic (exact) mass is 270 g/mol. The lowest BCUT2D eigenvalue weighted by atomic mass is 9.84. The van der Waals surface area contributed by atoms with Crippen LogP contribution in [0.5, 0.6) is 0 Å². The van der Waals surface area contributed by atoms with E-state index in [0.717, 1.165) is 25.7 Å². The molecule has 2 unspecified atom stereocenters. The van der Waals surface area contributed by atoms with Gasteiger partial charge in [0.05, 0.1) is 24.2 Å². The Morgan fingerprint density at radius 3 is 2.53 bits per heavy atom. The van der Waals surface area contributed by atoms with Crippen LogP contribution in [0, 0.1) is 5.41 Å². The van der Waals surface area contributed by atoms with Crippen molar-refractivity contribution in [1.29, 1.82) is 0 Å². The van der Waals surface area contributed by atoms with Crippen LogP contribution in [-0.4, -0.2) is 42.4 Å². The number of nitrogens with one attached hydrogen (secondary N) is 1. The molecule has 1 amide bonds. The molecular formula is C14H26N2O3. The first-order valence-electron chi connectivity index (χ1n) is 7.30. The summed E-state index contributed by atoms with van der Waals surface area (Å²) in [4.78, 5) is 12.3. The highest BCUT2D eigenvalue weighted by molar-refractivity contribution is 5.83. The Morgan fingerprint density at radius 1 is 1.37 bits per heavy atom. The van der Waals surface area contributed by atoms with Gasteiger partial charge in [-0.05, 0) is 19.8 Å². The topological polar surface area (TPSA) is 84.6 Å². The Balaban J connectivity index is 1.89. The highest BCUT2D eigenvalue weighted by Gasteiger charge is 2.44. The first kappa shape index (κ1) is 14.8. The zero-order valence-electron chi connectivity index (χ0n) is 11.8. The molecule has 1 saturated heterocycles. The molecule has 2 rings (SSSR count). The van der Waals surface area contributed by atoms with Gasteiger partial charge < -0.3 is 20.9 Å². The van der Waals surface area contributed by atoms with Crippen LogP contribution >= 0.6 is 0 Å². The van der Waals surface area contributed by atoms with E-state index >= 15 is 0 Å². The standard InChI is InChI=1S/C14H26N2O3/c1-13(10-19-8-11(13)15)12(17)16-9-14(18)6-4-2-3-5-7-14/h11,18H,2-10,15H2,1H3,(H,16,17). The molecule has 2 fully saturated rings. The van der Waals surface area contributed by atoms with Crippen LogP contribution in [0.15, 0.2) is 0 Å². The summed E-state index contributed by atoms with van der Waals surface area (Å²) < 4.78 is 5.28. The van der Waals surface area contributed by atoms with Crippen molar-refractivity contribution in [3.8, 4) is 0 Å². The van der Waals surface area contributed by atoms with Gasteiger partial charge in [0.15, 0.2) is 0 Å². The summed E-state index contributed by atoms with van der Waals surface area (Å²) in [6.45, 7) is 2.94. The van der Waals surface area contributed by atoms with Gasteiger partial charge in [-0.1, -0.05) is 25.7 Å². The number of hydrogen-bond donors (Lipinski definition) is 3. The van der Waals surface area contributed by atoms with Crippen molar-refractivity contribution < 1.29 is 14.6 Å². The maximum absolute atomic E-state index is 12.3. The summed E-state index contributed by atoms with van der Waals surface area (Å²) in [7, 11) is 0. The molecule has 0 aromatic rings. The molecule has 19 heavy (non-hydrogen) atoms. The van der Waals surface area contributed by atoms with E-state index in [-0.39, 0.29) is 11.9 Å². The molecular weight excluding hydrogens is 244 g/mol. The van der Waals surface area contributed by atoms with Gasteiger partial charge in [-0.25, -0.2) is 0 Å². The van der Waals surface area contributed by atoms with E-state index in [1.54, 1.807) is 0 Å². The first-order chi connectivity index (χ1) is 8.96. The van der Waals surface area contributed by atoms with Gasteiger partial charge in [0, 0.05) is 12.6 Å². The third-order valence-electron chi connectivity index (χ3n) is 4.65. The molecule has 5 nitrogen and oxygen atoms in total. The van der Waals surface area contributed by atoms with Crippen LogP contribution in [0.1, 0.15) is 45.4 Å². The summed E-state index contributed by atoms with van der Waals surface area (Å²) in [5, 5.41) is 13.4. The number of amides is 1. The number of hydrogen-bond acceptors (Lipinski definition) is 4. The van der Waals surface area contributed by atoms with Gasteiger partial charge in [0.1, 0.15) is 0 Å². The van der Waals surface area contributed by atoms with Crippen molar-refractivity contribution in [2.24, 2.45) is 11.1 Å². The minimum Gasteiger partial charge on any atom is -0.388 e. The molecule has 2 aliphatic rings. The Morgan fingerprint density at radius 2 is 2.00 bits per heavy atom. The predicted molar refractivity (Wildman–Crippen MR) is 72.6 cm³/mol. The number of ether oxygens (including phenoxy) is 1. The SMILES string of the molecule is CC1(C(=O)NCC2(O)CCCCCC2)COCC1N. The first-order valence-corrected chi connectivity index (χ1v) is 7.30. The molecule has 5 heteroatoms. The average molecular weight is 270 g/mol. The third-order valence-corrected chi connectivity index (χ3v) is 4.65. The molecule has 1 saturated carbocycles. The second-order valence-corrected chi connectivity index (χ2v) is 6.36. The minimum absolute atomic E-state index is 0.102. The van der Waals surface area contributed by atoms with E-state index in [2.05, 4.69) is 5.32 Å². The van der Waals surface area contributed by atoms with Crippen molar-refractivity contribution >= 4 is 5.91 Å². The quantitative estimate of drug-likeness (QED) is 0.654. The van der Waals surface area contributed by atoms with E-state index < -0.39 is 11.0 Å². The van der Waals surface area contributed by atoms with E-state index in [1.165, 1.54) is 12.8 Å². The number of carbonyl (C=O) groups excluding carboxylic acids is 1. The molecule has 0 aromatic heterocycles. The summed E-state index contributed by atoms with van der Waals surface area (Å²) in [5.74, 6) is -0.102. The fraction of sp³-hybridized carbons (Fsp3) is 0.929. The summed E-state index contributed by atoms with van der Waals surface area (Å²) in [5.41, 5.74) is 4.52. The van der Waals surface area contributed by atoms with Crippen LogP contribution in [-0.2, 0) is 9.53 Å². The van der Waals surface area contributed by atoms with E-state index in [4.69, 9.17) is 10.5 Å². The molecule has 1 aliphatic carbocycles. The van der Waals surface area contributed by atoms with Gasteiger partial charge in [0.2, 0.25) is 5.91 Å². The Kier molecular flexibility index (Phi) is 4.48. The molecule has 110 valence electrons. The van der Waals surface area contributed by atoms with E-state index in [1.807, 2.05) is 6.92 Å². The van der Waals surface area contributed by atoms with Crippen LogP contribution in [0.25, 0.3) is 0 Å². The molecule has 0 radical (unpaired) electrons. The lowest BCUT2D eigenvalue weighted by Crippen LogP contribution is -2.53. The average Bonchev–Trinajstić information content (AvgIpc) is 2.61. The molecule has 2 atom stereocenters. The summed E-state index contributed by atoms with van der Waals surface area (Å²) >= 11 is 0. The van der Waals surface area contributed by atoms with Crippen LogP contribution in [0.3, 0.4) is 0 Å². The largest absolute Gasteiger partial charge is 0.388 e. The van der Waals surface area contributed by atoms with Crippen molar-refractivity contribution in [2.45, 2.75) is 57.1 Å². The Bertz CT molecular complexity index is 327. The molecule has 0 aromatic carbocycles. The number of aliphatic hydroxyl groups is 1. The van der Waals surface area contributed by atoms with Crippen LogP contribution in [0.2, 0.25) is 0 Å². The van der Waals surface area contributed by atoms with E-state index in [0.29, 0.717) is 19.8 Å². The maximum atomic E-state index is 12.3. The Labute approximate surface area is 114 Å². The smallest absolute Gasteiger partial charge is 0.230 e. The van der Waals surface area contributed by atoms with Gasteiger partial charge >= 0.3 is 0 Å². The highest BCUT2D eigenvalue weighted by Crippen LogP contribution is 2.29. The molecule has 0 spiro atoms. The highest BCUT2D eigenvalue weighted by atomic mass is 16.5. The third kappa shape index (κ3) is 3.27. The second-order valence-electron chi connectivity index (χ2n) is 6.36. The summed E-state index contributed by atoms with van der Waals surface area (Å²) in [6.07, 6.45) is 5.96. The normalized spacial score (nSPS) is 34.8. The van der Waals surface area contributed by atoms with Crippen molar-refractivity contribution in [1.82, 2.24) is 5.32 Å². The molecule has 1 aliphatic heterocycles. The van der Waals surface area contributed by atoms with Crippen molar-refractivity contribution in [3.05, 3.63) is 0 Å². The lowest BCUT2D eigenvalue weighted by molar-refractivity contribution is -0.132.